The summed E-state index contributed by atoms with van der Waals surface area (Å²) < 4.78 is 0. The Balaban J connectivity index is 0.000000220. The molecule has 2 aromatic carbocycles. The zero-order valence-electron chi connectivity index (χ0n) is 22.7. The predicted octanol–water partition coefficient (Wildman–Crippen LogP) is 5.26. The van der Waals surface area contributed by atoms with E-state index in [0.29, 0.717) is 31.2 Å². The van der Waals surface area contributed by atoms with Gasteiger partial charge in [-0.15, -0.1) is 0 Å². The standard InChI is InChI=1S/2C14H12Cl3NO2.Na.H2O/c2*1-14(6-2-3-6)12(19)11(13(20)18-14)7-4-9(16)10(17)5-8(7)15;;/h2*4-6,19H,2-3H2,1H3,(H,18,20);;1H2/q;;+1;/p-1. The number of halogens is 6. The molecule has 0 bridgehead atoms. The van der Waals surface area contributed by atoms with Crippen molar-refractivity contribution in [3.63, 3.8) is 0 Å². The van der Waals surface area contributed by atoms with Gasteiger partial charge in [0.25, 0.3) is 11.8 Å². The summed E-state index contributed by atoms with van der Waals surface area (Å²) in [5, 5.41) is 28.5. The number of hydrogen-bond acceptors (Lipinski definition) is 5. The van der Waals surface area contributed by atoms with Gasteiger partial charge in [0.2, 0.25) is 0 Å². The molecule has 220 valence electrons. The van der Waals surface area contributed by atoms with Crippen molar-refractivity contribution in [3.8, 4) is 0 Å². The summed E-state index contributed by atoms with van der Waals surface area (Å²) in [6.45, 7) is 3.66. The van der Waals surface area contributed by atoms with Gasteiger partial charge >= 0.3 is 29.6 Å². The van der Waals surface area contributed by atoms with Gasteiger partial charge in [0, 0.05) is 11.1 Å². The van der Waals surface area contributed by atoms with Gasteiger partial charge in [-0.2, -0.15) is 0 Å². The zero-order valence-corrected chi connectivity index (χ0v) is 29.3. The molecular weight excluding hydrogens is 680 g/mol. The van der Waals surface area contributed by atoms with Gasteiger partial charge in [0.1, 0.15) is 11.5 Å². The van der Waals surface area contributed by atoms with Gasteiger partial charge in [0.15, 0.2) is 0 Å². The van der Waals surface area contributed by atoms with Crippen molar-refractivity contribution in [2.45, 2.75) is 50.6 Å². The average molecular weight is 705 g/mol. The van der Waals surface area contributed by atoms with Crippen LogP contribution in [0.2, 0.25) is 30.1 Å². The van der Waals surface area contributed by atoms with Crippen LogP contribution in [-0.2, 0) is 9.59 Å². The molecule has 0 spiro atoms. The Morgan fingerprint density at radius 2 is 0.905 bits per heavy atom. The third-order valence-corrected chi connectivity index (χ3v) is 10.1. The van der Waals surface area contributed by atoms with Crippen LogP contribution in [0.3, 0.4) is 0 Å². The Labute approximate surface area is 295 Å². The molecule has 2 fully saturated rings. The van der Waals surface area contributed by atoms with Crippen LogP contribution in [0.4, 0.5) is 0 Å². The minimum absolute atomic E-state index is 0. The van der Waals surface area contributed by atoms with Crippen molar-refractivity contribution < 1.29 is 54.8 Å². The molecule has 2 atom stereocenters. The Morgan fingerprint density at radius 1 is 0.619 bits per heavy atom. The number of aliphatic hydroxyl groups is 2. The topological polar surface area (TPSA) is 129 Å². The molecular formula is C28H25Cl6N2NaO5. The fourth-order valence-electron chi connectivity index (χ4n) is 5.29. The van der Waals surface area contributed by atoms with Crippen molar-refractivity contribution in [3.05, 3.63) is 77.0 Å². The van der Waals surface area contributed by atoms with Crippen LogP contribution >= 0.6 is 69.6 Å². The second kappa shape index (κ2) is 12.9. The van der Waals surface area contributed by atoms with E-state index in [-0.39, 0.29) is 91.4 Å². The normalized spacial score (nSPS) is 24.9. The van der Waals surface area contributed by atoms with Crippen LogP contribution in [0.1, 0.15) is 50.7 Å². The number of hydrogen-bond donors (Lipinski definition) is 4. The number of nitrogens with one attached hydrogen (secondary N) is 2. The van der Waals surface area contributed by atoms with Crippen molar-refractivity contribution in [1.82, 2.24) is 10.6 Å². The Hall–Kier alpha value is -0.840. The maximum Gasteiger partial charge on any atom is 1.00 e. The molecule has 4 aliphatic rings. The van der Waals surface area contributed by atoms with Gasteiger partial charge < -0.3 is 26.3 Å². The monoisotopic (exact) mass is 702 g/mol. The molecule has 2 aromatic rings. The molecule has 2 unspecified atom stereocenters. The Bertz CT molecular complexity index is 1430. The minimum atomic E-state index is -0.706. The summed E-state index contributed by atoms with van der Waals surface area (Å²) in [5.74, 6) is -0.0686. The van der Waals surface area contributed by atoms with Crippen molar-refractivity contribution >= 4 is 92.6 Å². The minimum Gasteiger partial charge on any atom is -0.870 e. The zero-order chi connectivity index (χ0) is 29.3. The maximum absolute atomic E-state index is 12.2. The third kappa shape index (κ3) is 6.30. The quantitative estimate of drug-likeness (QED) is 0.255. The van der Waals surface area contributed by atoms with Gasteiger partial charge in [-0.3, -0.25) is 9.59 Å². The summed E-state index contributed by atoms with van der Waals surface area (Å²) in [4.78, 5) is 24.4. The van der Waals surface area contributed by atoms with Crippen LogP contribution in [0.5, 0.6) is 0 Å². The molecule has 2 aliphatic carbocycles. The number of rotatable bonds is 4. The largest absolute Gasteiger partial charge is 1.00 e. The van der Waals surface area contributed by atoms with Gasteiger partial charge in [0.05, 0.1) is 52.4 Å². The van der Waals surface area contributed by atoms with E-state index in [1.54, 1.807) is 0 Å². The molecule has 7 nitrogen and oxygen atoms in total. The fraction of sp³-hybridized carbons (Fsp3) is 0.357. The molecule has 14 heteroatoms. The van der Waals surface area contributed by atoms with Crippen LogP contribution in [-0.4, -0.2) is 38.6 Å². The summed E-state index contributed by atoms with van der Waals surface area (Å²) in [6.07, 6.45) is 3.96. The summed E-state index contributed by atoms with van der Waals surface area (Å²) in [6, 6.07) is 5.97. The van der Waals surface area contributed by atoms with E-state index in [9.17, 15) is 19.8 Å². The maximum atomic E-state index is 12.2. The smallest absolute Gasteiger partial charge is 0.870 e. The third-order valence-electron chi connectivity index (χ3n) is 8.00. The first kappa shape index (κ1) is 35.6. The Morgan fingerprint density at radius 3 is 1.19 bits per heavy atom. The molecule has 2 saturated carbocycles. The molecule has 5 N–H and O–H groups in total. The average Bonchev–Trinajstić information content (AvgIpc) is 3.78. The second-order valence-corrected chi connectivity index (χ2v) is 13.2. The molecule has 6 rings (SSSR count). The molecule has 42 heavy (non-hydrogen) atoms. The fourth-order valence-corrected chi connectivity index (χ4v) is 6.57. The molecule has 2 heterocycles. The van der Waals surface area contributed by atoms with Gasteiger partial charge in [-0.1, -0.05) is 69.6 Å². The molecule has 0 saturated heterocycles. The van der Waals surface area contributed by atoms with Gasteiger partial charge in [-0.05, 0) is 75.6 Å². The summed E-state index contributed by atoms with van der Waals surface area (Å²) >= 11 is 36.0. The SMILES string of the molecule is CC1(C2CC2)NC(=O)C(c2cc(Cl)c(Cl)cc2Cl)=C1O.CC1(C2CC2)NC(=O)C(c2cc(Cl)c(Cl)cc2Cl)=C1O.[Na+].[OH-]. The number of carbonyl (C=O) groups excluding carboxylic acids is 2. The summed E-state index contributed by atoms with van der Waals surface area (Å²) in [5.41, 5.74) is -0.240. The number of benzene rings is 2. The first-order chi connectivity index (χ1) is 18.7. The van der Waals surface area contributed by atoms with Crippen LogP contribution < -0.4 is 40.2 Å². The van der Waals surface area contributed by atoms with E-state index in [1.165, 1.54) is 24.3 Å². The van der Waals surface area contributed by atoms with E-state index in [0.717, 1.165) is 25.7 Å². The first-order valence-electron chi connectivity index (χ1n) is 12.5. The van der Waals surface area contributed by atoms with Crippen molar-refractivity contribution in [1.29, 1.82) is 0 Å². The molecule has 2 aliphatic heterocycles. The second-order valence-electron chi connectivity index (χ2n) is 10.8. The Kier molecular flexibility index (Phi) is 10.9. The molecule has 2 amide bonds. The van der Waals surface area contributed by atoms with E-state index >= 15 is 0 Å². The van der Waals surface area contributed by atoms with Crippen LogP contribution in [0.15, 0.2) is 35.8 Å². The van der Waals surface area contributed by atoms with E-state index < -0.39 is 11.1 Å². The van der Waals surface area contributed by atoms with E-state index in [1.807, 2.05) is 13.8 Å². The van der Waals surface area contributed by atoms with Gasteiger partial charge in [-0.25, -0.2) is 0 Å². The molecule has 0 radical (unpaired) electrons. The summed E-state index contributed by atoms with van der Waals surface area (Å²) in [7, 11) is 0. The number of carbonyl (C=O) groups is 2. The van der Waals surface area contributed by atoms with Crippen molar-refractivity contribution in [2.75, 3.05) is 0 Å². The number of aliphatic hydroxyl groups excluding tert-OH is 2. The van der Waals surface area contributed by atoms with Crippen LogP contribution in [0, 0.1) is 11.8 Å². The van der Waals surface area contributed by atoms with E-state index in [2.05, 4.69) is 10.6 Å². The van der Waals surface area contributed by atoms with Crippen LogP contribution in [0.25, 0.3) is 11.1 Å². The van der Waals surface area contributed by atoms with E-state index in [4.69, 9.17) is 69.6 Å². The number of amides is 2. The molecule has 0 aromatic heterocycles. The first-order valence-corrected chi connectivity index (χ1v) is 14.8. The predicted molar refractivity (Wildman–Crippen MR) is 163 cm³/mol. The van der Waals surface area contributed by atoms with Crippen molar-refractivity contribution in [2.24, 2.45) is 11.8 Å².